The van der Waals surface area contributed by atoms with Crippen molar-refractivity contribution >= 4 is 39.8 Å². The van der Waals surface area contributed by atoms with Crippen molar-refractivity contribution in [2.75, 3.05) is 25.9 Å². The average molecular weight is 538 g/mol. The standard InChI is InChI=1S/C20H34N4O3S.HI/c1-15(2)11-16(3)27-18-12-17(7-8-22-18)13-23-19(21-6)24-9-10-28(25,26)20(4,5)14-24;/h7-8,12,15-16H,9-11,13-14H2,1-6H3,(H,21,23);1H. The van der Waals surface area contributed by atoms with E-state index < -0.39 is 14.6 Å². The van der Waals surface area contributed by atoms with Crippen molar-refractivity contribution < 1.29 is 13.2 Å². The second-order valence-corrected chi connectivity index (χ2v) is 11.2. The first-order valence-corrected chi connectivity index (χ1v) is 11.5. The van der Waals surface area contributed by atoms with Crippen LogP contribution in [0.3, 0.4) is 0 Å². The highest BCUT2D eigenvalue weighted by Gasteiger charge is 2.40. The van der Waals surface area contributed by atoms with E-state index >= 15 is 0 Å². The van der Waals surface area contributed by atoms with Gasteiger partial charge in [-0.1, -0.05) is 13.8 Å². The van der Waals surface area contributed by atoms with Gasteiger partial charge in [0.05, 0.1) is 16.6 Å². The van der Waals surface area contributed by atoms with Gasteiger partial charge in [-0.2, -0.15) is 0 Å². The number of guanidine groups is 1. The molecule has 1 atom stereocenters. The Morgan fingerprint density at radius 3 is 2.66 bits per heavy atom. The van der Waals surface area contributed by atoms with Gasteiger partial charge in [-0.3, -0.25) is 4.99 Å². The van der Waals surface area contributed by atoms with Crippen molar-refractivity contribution in [3.05, 3.63) is 23.9 Å². The van der Waals surface area contributed by atoms with Crippen molar-refractivity contribution in [1.82, 2.24) is 15.2 Å². The van der Waals surface area contributed by atoms with Gasteiger partial charge in [0.1, 0.15) is 0 Å². The SMILES string of the molecule is CN=C(NCc1ccnc(OC(C)CC(C)C)c1)N1CCS(=O)(=O)C(C)(C)C1.I. The maximum absolute atomic E-state index is 12.2. The van der Waals surface area contributed by atoms with Gasteiger partial charge >= 0.3 is 0 Å². The van der Waals surface area contributed by atoms with E-state index in [0.717, 1.165) is 12.0 Å². The molecule has 9 heteroatoms. The summed E-state index contributed by atoms with van der Waals surface area (Å²) in [5.74, 6) is 2.03. The topological polar surface area (TPSA) is 83.9 Å². The minimum Gasteiger partial charge on any atom is -0.475 e. The average Bonchev–Trinajstić information content (AvgIpc) is 2.58. The van der Waals surface area contributed by atoms with E-state index in [1.807, 2.05) is 17.0 Å². The first kappa shape index (κ1) is 25.9. The van der Waals surface area contributed by atoms with Crippen LogP contribution in [-0.2, 0) is 16.4 Å². The molecule has 1 unspecified atom stereocenters. The molecule has 1 aliphatic rings. The highest BCUT2D eigenvalue weighted by atomic mass is 127. The maximum Gasteiger partial charge on any atom is 0.213 e. The van der Waals surface area contributed by atoms with Gasteiger partial charge in [0, 0.05) is 38.9 Å². The van der Waals surface area contributed by atoms with Crippen LogP contribution in [0, 0.1) is 5.92 Å². The molecule has 0 bridgehead atoms. The van der Waals surface area contributed by atoms with Gasteiger partial charge < -0.3 is 15.0 Å². The lowest BCUT2D eigenvalue weighted by Crippen LogP contribution is -2.57. The molecule has 0 aromatic carbocycles. The molecule has 7 nitrogen and oxygen atoms in total. The Hall–Kier alpha value is -1.10. The van der Waals surface area contributed by atoms with Crippen LogP contribution >= 0.6 is 24.0 Å². The lowest BCUT2D eigenvalue weighted by Gasteiger charge is -2.39. The molecule has 1 N–H and O–H groups in total. The molecule has 2 rings (SSSR count). The Morgan fingerprint density at radius 2 is 2.07 bits per heavy atom. The molecule has 1 aromatic rings. The van der Waals surface area contributed by atoms with Crippen LogP contribution in [0.15, 0.2) is 23.3 Å². The zero-order valence-electron chi connectivity index (χ0n) is 18.3. The highest BCUT2D eigenvalue weighted by molar-refractivity contribution is 14.0. The van der Waals surface area contributed by atoms with E-state index in [1.54, 1.807) is 27.1 Å². The molecule has 0 aliphatic carbocycles. The van der Waals surface area contributed by atoms with Crippen molar-refractivity contribution in [3.8, 4) is 5.88 Å². The molecule has 166 valence electrons. The molecule has 0 radical (unpaired) electrons. The lowest BCUT2D eigenvalue weighted by atomic mass is 10.1. The molecule has 1 aromatic heterocycles. The third kappa shape index (κ3) is 7.27. The summed E-state index contributed by atoms with van der Waals surface area (Å²) in [5.41, 5.74) is 1.03. The number of rotatable bonds is 6. The van der Waals surface area contributed by atoms with E-state index in [-0.39, 0.29) is 35.8 Å². The summed E-state index contributed by atoms with van der Waals surface area (Å²) in [6.07, 6.45) is 2.83. The van der Waals surface area contributed by atoms with Crippen LogP contribution in [0.4, 0.5) is 0 Å². The molecule has 1 fully saturated rings. The molecular formula is C20H35IN4O3S. The Labute approximate surface area is 192 Å². The van der Waals surface area contributed by atoms with Gasteiger partial charge in [-0.15, -0.1) is 24.0 Å². The zero-order chi connectivity index (χ0) is 20.9. The van der Waals surface area contributed by atoms with Crippen LogP contribution in [0.5, 0.6) is 5.88 Å². The van der Waals surface area contributed by atoms with Gasteiger partial charge in [-0.05, 0) is 44.7 Å². The predicted octanol–water partition coefficient (Wildman–Crippen LogP) is 3.10. The predicted molar refractivity (Wildman–Crippen MR) is 129 cm³/mol. The molecule has 0 spiro atoms. The molecule has 1 aliphatic heterocycles. The summed E-state index contributed by atoms with van der Waals surface area (Å²) in [7, 11) is -1.36. The summed E-state index contributed by atoms with van der Waals surface area (Å²) in [6.45, 7) is 11.4. The summed E-state index contributed by atoms with van der Waals surface area (Å²) >= 11 is 0. The first-order valence-electron chi connectivity index (χ1n) is 9.83. The lowest BCUT2D eigenvalue weighted by molar-refractivity contribution is 0.185. The quantitative estimate of drug-likeness (QED) is 0.341. The normalized spacial score (nSPS) is 19.4. The largest absolute Gasteiger partial charge is 0.475 e. The number of ether oxygens (including phenoxy) is 1. The molecule has 0 saturated carbocycles. The molecule has 1 saturated heterocycles. The third-order valence-electron chi connectivity index (χ3n) is 4.93. The number of aromatic nitrogens is 1. The van der Waals surface area contributed by atoms with Gasteiger partial charge in [0.15, 0.2) is 15.8 Å². The van der Waals surface area contributed by atoms with Crippen molar-refractivity contribution in [2.24, 2.45) is 10.9 Å². The number of sulfone groups is 1. The smallest absolute Gasteiger partial charge is 0.213 e. The number of halogens is 1. The molecule has 2 heterocycles. The number of hydrogen-bond donors (Lipinski definition) is 1. The third-order valence-corrected chi connectivity index (χ3v) is 7.46. The Kier molecular flexibility index (Phi) is 9.65. The van der Waals surface area contributed by atoms with Gasteiger partial charge in [0.2, 0.25) is 5.88 Å². The van der Waals surface area contributed by atoms with Crippen LogP contribution in [-0.4, -0.2) is 61.0 Å². The molecular weight excluding hydrogens is 503 g/mol. The van der Waals surface area contributed by atoms with Gasteiger partial charge in [-0.25, -0.2) is 13.4 Å². The fourth-order valence-corrected chi connectivity index (χ4v) is 4.75. The Balaban J connectivity index is 0.00000420. The Morgan fingerprint density at radius 1 is 1.38 bits per heavy atom. The Bertz CT molecular complexity index is 797. The number of nitrogens with zero attached hydrogens (tertiary/aromatic N) is 3. The summed E-state index contributed by atoms with van der Waals surface area (Å²) in [6, 6.07) is 3.87. The summed E-state index contributed by atoms with van der Waals surface area (Å²) in [5, 5.41) is 3.33. The fourth-order valence-electron chi connectivity index (χ4n) is 3.38. The second-order valence-electron chi connectivity index (χ2n) is 8.46. The number of pyridine rings is 1. The molecule has 0 amide bonds. The number of aliphatic imine (C=N–C) groups is 1. The monoisotopic (exact) mass is 538 g/mol. The highest BCUT2D eigenvalue weighted by Crippen LogP contribution is 2.23. The van der Waals surface area contributed by atoms with Crippen LogP contribution < -0.4 is 10.1 Å². The minimum atomic E-state index is -3.08. The molecule has 29 heavy (non-hydrogen) atoms. The first-order chi connectivity index (χ1) is 13.0. The van der Waals surface area contributed by atoms with E-state index in [4.69, 9.17) is 4.74 Å². The zero-order valence-corrected chi connectivity index (χ0v) is 21.5. The van der Waals surface area contributed by atoms with Crippen molar-refractivity contribution in [3.63, 3.8) is 0 Å². The van der Waals surface area contributed by atoms with E-state index in [0.29, 0.717) is 37.4 Å². The van der Waals surface area contributed by atoms with Crippen molar-refractivity contribution in [1.29, 1.82) is 0 Å². The van der Waals surface area contributed by atoms with Crippen LogP contribution in [0.25, 0.3) is 0 Å². The number of hydrogen-bond acceptors (Lipinski definition) is 5. The van der Waals surface area contributed by atoms with E-state index in [2.05, 4.69) is 36.1 Å². The van der Waals surface area contributed by atoms with E-state index in [9.17, 15) is 8.42 Å². The summed E-state index contributed by atoms with van der Waals surface area (Å²) < 4.78 is 29.6. The minimum absolute atomic E-state index is 0. The van der Waals surface area contributed by atoms with Crippen molar-refractivity contribution in [2.45, 2.75) is 58.4 Å². The maximum atomic E-state index is 12.2. The fraction of sp³-hybridized carbons (Fsp3) is 0.700. The summed E-state index contributed by atoms with van der Waals surface area (Å²) in [4.78, 5) is 10.6. The van der Waals surface area contributed by atoms with Gasteiger partial charge in [0.25, 0.3) is 0 Å². The van der Waals surface area contributed by atoms with E-state index in [1.165, 1.54) is 0 Å². The van der Waals surface area contributed by atoms with Crippen LogP contribution in [0.2, 0.25) is 0 Å². The second kappa shape index (κ2) is 10.8. The number of nitrogens with one attached hydrogen (secondary N) is 1. The van der Waals surface area contributed by atoms with Crippen LogP contribution in [0.1, 0.15) is 46.6 Å².